The number of carbonyl (C=O) groups is 1. The number of rotatable bonds is 9. The number of nitrogens with one attached hydrogen (secondary N) is 2. The van der Waals surface area contributed by atoms with E-state index in [1.165, 1.54) is 11.3 Å². The highest BCUT2D eigenvalue weighted by atomic mass is 32.1. The van der Waals surface area contributed by atoms with Gasteiger partial charge in [0.1, 0.15) is 0 Å². The second kappa shape index (κ2) is 11.7. The van der Waals surface area contributed by atoms with Gasteiger partial charge in [-0.1, -0.05) is 24.3 Å². The van der Waals surface area contributed by atoms with Crippen molar-refractivity contribution >= 4 is 34.7 Å². The van der Waals surface area contributed by atoms with Crippen molar-refractivity contribution in [1.82, 2.24) is 14.9 Å². The summed E-state index contributed by atoms with van der Waals surface area (Å²) in [7, 11) is 0. The lowest BCUT2D eigenvalue weighted by Crippen LogP contribution is -2.36. The maximum absolute atomic E-state index is 12.9. The number of para-hydroxylation sites is 1. The summed E-state index contributed by atoms with van der Waals surface area (Å²) in [6.07, 6.45) is 4.51. The Kier molecular flexibility index (Phi) is 8.39. The molecule has 1 heterocycles. The van der Waals surface area contributed by atoms with Crippen LogP contribution in [0.4, 0.5) is 5.69 Å². The largest absolute Gasteiger partial charge is 0.372 e. The number of aryl methyl sites for hydroxylation is 1. The summed E-state index contributed by atoms with van der Waals surface area (Å²) in [5, 5.41) is 3.82. The number of fused-ring (bicyclic) bond motifs is 1. The molecule has 2 aromatic carbocycles. The molecule has 0 atom stereocenters. The van der Waals surface area contributed by atoms with Crippen LogP contribution in [-0.2, 0) is 11.3 Å². The molecule has 0 unspecified atom stereocenters. The van der Waals surface area contributed by atoms with E-state index in [1.807, 2.05) is 24.3 Å². The van der Waals surface area contributed by atoms with Gasteiger partial charge in [-0.3, -0.25) is 14.2 Å². The standard InChI is InChI=1S/C28H36N4O2S/c1-3-31(23-9-6-8-20(2)18-23)17-7-16-29-26(33)22-14-12-21(13-15-22)19-32-27(34)24-10-4-5-11-25(24)30-28(32)35/h4-6,8-11,18,21-22H,3,7,12-17,19H2,1-2H3,(H,29,33)(H,30,35). The zero-order chi connectivity index (χ0) is 24.8. The van der Waals surface area contributed by atoms with Crippen LogP contribution in [0.25, 0.3) is 10.9 Å². The van der Waals surface area contributed by atoms with Crippen LogP contribution < -0.4 is 15.8 Å². The van der Waals surface area contributed by atoms with Gasteiger partial charge in [-0.2, -0.15) is 0 Å². The summed E-state index contributed by atoms with van der Waals surface area (Å²) < 4.78 is 2.16. The first-order valence-corrected chi connectivity index (χ1v) is 13.2. The van der Waals surface area contributed by atoms with Crippen LogP contribution in [0, 0.1) is 23.5 Å². The van der Waals surface area contributed by atoms with Crippen LogP contribution in [-0.4, -0.2) is 35.1 Å². The highest BCUT2D eigenvalue weighted by Gasteiger charge is 2.26. The molecule has 4 rings (SSSR count). The molecular weight excluding hydrogens is 456 g/mol. The van der Waals surface area contributed by atoms with Gasteiger partial charge in [0, 0.05) is 37.8 Å². The molecule has 0 spiro atoms. The second-order valence-electron chi connectivity index (χ2n) is 9.67. The van der Waals surface area contributed by atoms with Gasteiger partial charge in [0.25, 0.3) is 5.56 Å². The van der Waals surface area contributed by atoms with Crippen LogP contribution in [0.1, 0.15) is 44.6 Å². The van der Waals surface area contributed by atoms with Gasteiger partial charge < -0.3 is 15.2 Å². The van der Waals surface area contributed by atoms with Crippen LogP contribution in [0.15, 0.2) is 53.3 Å². The van der Waals surface area contributed by atoms with E-state index in [2.05, 4.69) is 53.3 Å². The minimum atomic E-state index is -0.0315. The molecule has 7 heteroatoms. The topological polar surface area (TPSA) is 70.1 Å². The molecule has 1 aromatic heterocycles. The number of benzene rings is 2. The predicted molar refractivity (Wildman–Crippen MR) is 146 cm³/mol. The van der Waals surface area contributed by atoms with E-state index in [0.29, 0.717) is 29.2 Å². The third-order valence-electron chi connectivity index (χ3n) is 7.20. The molecule has 0 bridgehead atoms. The fourth-order valence-corrected chi connectivity index (χ4v) is 5.42. The molecular formula is C28H36N4O2S. The number of hydrogen-bond donors (Lipinski definition) is 2. The van der Waals surface area contributed by atoms with Gasteiger partial charge in [-0.05, 0) is 93.9 Å². The average Bonchev–Trinajstić information content (AvgIpc) is 2.87. The minimum absolute atomic E-state index is 0.0315. The highest BCUT2D eigenvalue weighted by Crippen LogP contribution is 2.30. The fraction of sp³-hybridized carbons (Fsp3) is 0.464. The van der Waals surface area contributed by atoms with E-state index < -0.39 is 0 Å². The number of H-pyrrole nitrogens is 1. The van der Waals surface area contributed by atoms with Gasteiger partial charge in [0.15, 0.2) is 4.77 Å². The highest BCUT2D eigenvalue weighted by molar-refractivity contribution is 7.71. The van der Waals surface area contributed by atoms with Crippen molar-refractivity contribution in [3.63, 3.8) is 0 Å². The molecule has 0 radical (unpaired) electrons. The van der Waals surface area contributed by atoms with Crippen LogP contribution >= 0.6 is 12.2 Å². The number of nitrogens with zero attached hydrogens (tertiary/aromatic N) is 2. The van der Waals surface area contributed by atoms with Crippen LogP contribution in [0.5, 0.6) is 0 Å². The summed E-state index contributed by atoms with van der Waals surface area (Å²) in [4.78, 5) is 31.2. The molecule has 3 aromatic rings. The second-order valence-corrected chi connectivity index (χ2v) is 10.1. The Labute approximate surface area is 212 Å². The van der Waals surface area contributed by atoms with Crippen molar-refractivity contribution in [1.29, 1.82) is 0 Å². The zero-order valence-electron chi connectivity index (χ0n) is 20.8. The number of carbonyl (C=O) groups excluding carboxylic acids is 1. The molecule has 0 aliphatic heterocycles. The molecule has 6 nitrogen and oxygen atoms in total. The lowest BCUT2D eigenvalue weighted by atomic mass is 9.81. The van der Waals surface area contributed by atoms with Crippen LogP contribution in [0.3, 0.4) is 0 Å². The third kappa shape index (κ3) is 6.20. The lowest BCUT2D eigenvalue weighted by molar-refractivity contribution is -0.126. The Bertz CT molecular complexity index is 1270. The summed E-state index contributed by atoms with van der Waals surface area (Å²) in [5.74, 6) is 0.593. The maximum Gasteiger partial charge on any atom is 0.262 e. The molecule has 1 aliphatic rings. The van der Waals surface area contributed by atoms with Gasteiger partial charge >= 0.3 is 0 Å². The smallest absolute Gasteiger partial charge is 0.262 e. The minimum Gasteiger partial charge on any atom is -0.372 e. The molecule has 0 saturated heterocycles. The monoisotopic (exact) mass is 492 g/mol. The van der Waals surface area contributed by atoms with Gasteiger partial charge in [0.05, 0.1) is 10.9 Å². The molecule has 2 N–H and O–H groups in total. The summed E-state index contributed by atoms with van der Waals surface area (Å²) in [6, 6.07) is 16.0. The predicted octanol–water partition coefficient (Wildman–Crippen LogP) is 5.21. The third-order valence-corrected chi connectivity index (χ3v) is 7.52. The molecule has 1 aliphatic carbocycles. The number of anilines is 1. The normalized spacial score (nSPS) is 17.9. The Morgan fingerprint density at radius 2 is 1.91 bits per heavy atom. The van der Waals surface area contributed by atoms with E-state index in [1.54, 1.807) is 4.57 Å². The quantitative estimate of drug-likeness (QED) is 0.318. The van der Waals surface area contributed by atoms with Gasteiger partial charge in [-0.25, -0.2) is 0 Å². The average molecular weight is 493 g/mol. The zero-order valence-corrected chi connectivity index (χ0v) is 21.6. The Morgan fingerprint density at radius 3 is 2.66 bits per heavy atom. The Hall–Kier alpha value is -2.93. The van der Waals surface area contributed by atoms with E-state index in [-0.39, 0.29) is 17.4 Å². The number of aromatic amines is 1. The first-order valence-electron chi connectivity index (χ1n) is 12.8. The van der Waals surface area contributed by atoms with Crippen molar-refractivity contribution in [2.75, 3.05) is 24.5 Å². The van der Waals surface area contributed by atoms with Crippen molar-refractivity contribution in [3.05, 3.63) is 69.2 Å². The molecule has 1 saturated carbocycles. The van der Waals surface area contributed by atoms with Crippen molar-refractivity contribution < 1.29 is 4.79 Å². The van der Waals surface area contributed by atoms with E-state index in [0.717, 1.165) is 50.7 Å². The first-order chi connectivity index (χ1) is 17.0. The van der Waals surface area contributed by atoms with Crippen LogP contribution in [0.2, 0.25) is 0 Å². The number of amides is 1. The number of aromatic nitrogens is 2. The van der Waals surface area contributed by atoms with Crippen molar-refractivity contribution in [3.8, 4) is 0 Å². The van der Waals surface area contributed by atoms with Crippen molar-refractivity contribution in [2.24, 2.45) is 11.8 Å². The first kappa shape index (κ1) is 25.2. The summed E-state index contributed by atoms with van der Waals surface area (Å²) in [5.41, 5.74) is 3.25. The molecule has 1 amide bonds. The van der Waals surface area contributed by atoms with E-state index in [4.69, 9.17) is 12.2 Å². The molecule has 186 valence electrons. The number of hydrogen-bond acceptors (Lipinski definition) is 4. The molecule has 1 fully saturated rings. The Balaban J connectivity index is 1.23. The summed E-state index contributed by atoms with van der Waals surface area (Å²) in [6.45, 7) is 7.46. The maximum atomic E-state index is 12.9. The Morgan fingerprint density at radius 1 is 1.14 bits per heavy atom. The molecule has 35 heavy (non-hydrogen) atoms. The van der Waals surface area contributed by atoms with Crippen molar-refractivity contribution in [2.45, 2.75) is 52.5 Å². The lowest BCUT2D eigenvalue weighted by Gasteiger charge is -2.28. The van der Waals surface area contributed by atoms with Gasteiger partial charge in [0.2, 0.25) is 5.91 Å². The van der Waals surface area contributed by atoms with Gasteiger partial charge in [-0.15, -0.1) is 0 Å². The van der Waals surface area contributed by atoms with E-state index >= 15 is 0 Å². The SMILES string of the molecule is CCN(CCCNC(=O)C1CCC(Cn2c(=S)[nH]c3ccccc3c2=O)CC1)c1cccc(C)c1. The summed E-state index contributed by atoms with van der Waals surface area (Å²) >= 11 is 5.46. The fourth-order valence-electron chi connectivity index (χ4n) is 5.15. The van der Waals surface area contributed by atoms with E-state index in [9.17, 15) is 9.59 Å².